The zero-order chi connectivity index (χ0) is 45.7. The molecule has 69 heavy (non-hydrogen) atoms. The van der Waals surface area contributed by atoms with Gasteiger partial charge in [-0.2, -0.15) is 0 Å². The van der Waals surface area contributed by atoms with E-state index in [1.54, 1.807) is 0 Å². The summed E-state index contributed by atoms with van der Waals surface area (Å²) in [5.74, 6) is 1.85. The summed E-state index contributed by atoms with van der Waals surface area (Å²) >= 11 is 0. The third-order valence-corrected chi connectivity index (χ3v) is 13.4. The van der Waals surface area contributed by atoms with Crippen molar-refractivity contribution < 1.29 is 4.42 Å². The summed E-state index contributed by atoms with van der Waals surface area (Å²) in [6.07, 6.45) is 0. The Morgan fingerprint density at radius 2 is 0.565 bits per heavy atom. The summed E-state index contributed by atoms with van der Waals surface area (Å²) < 4.78 is 6.31. The van der Waals surface area contributed by atoms with Crippen molar-refractivity contribution >= 4 is 43.5 Å². The fraction of sp³-hybridized carbons (Fsp3) is 0. The van der Waals surface area contributed by atoms with Crippen LogP contribution in [0.25, 0.3) is 133 Å². The number of aromatic nitrogens is 3. The second kappa shape index (κ2) is 16.9. The van der Waals surface area contributed by atoms with E-state index < -0.39 is 0 Å². The van der Waals surface area contributed by atoms with Gasteiger partial charge in [0.2, 0.25) is 0 Å². The second-order valence-corrected chi connectivity index (χ2v) is 17.4. The molecule has 0 bridgehead atoms. The molecule has 0 radical (unpaired) electrons. The summed E-state index contributed by atoms with van der Waals surface area (Å²) in [5, 5.41) is 7.06. The SMILES string of the molecule is c1ccc(-c2ccccc2-c2nc(-c3ccc(-c4ccc(-c5ccc(-c6ccc7c(c6)oc6ccccc67)c6ccccc56)c5ccccc45)cc3)nc(-c3ccccc3-c3ccccc3)n2)cc1. The van der Waals surface area contributed by atoms with Crippen LogP contribution in [0.2, 0.25) is 0 Å². The molecule has 4 heteroatoms. The largest absolute Gasteiger partial charge is 0.456 e. The Morgan fingerprint density at radius 1 is 0.203 bits per heavy atom. The maximum absolute atomic E-state index is 6.31. The van der Waals surface area contributed by atoms with Crippen molar-refractivity contribution in [3.63, 3.8) is 0 Å². The van der Waals surface area contributed by atoms with Gasteiger partial charge in [0.15, 0.2) is 17.5 Å². The number of benzene rings is 11. The van der Waals surface area contributed by atoms with Crippen molar-refractivity contribution in [2.75, 3.05) is 0 Å². The molecule has 0 aliphatic heterocycles. The van der Waals surface area contributed by atoms with Crippen LogP contribution in [0.1, 0.15) is 0 Å². The highest BCUT2D eigenvalue weighted by molar-refractivity contribution is 6.13. The summed E-state index contributed by atoms with van der Waals surface area (Å²) in [6.45, 7) is 0. The highest BCUT2D eigenvalue weighted by Gasteiger charge is 2.19. The maximum Gasteiger partial charge on any atom is 0.164 e. The first-order valence-electron chi connectivity index (χ1n) is 23.3. The van der Waals surface area contributed by atoms with E-state index >= 15 is 0 Å². The average Bonchev–Trinajstić information content (AvgIpc) is 3.81. The van der Waals surface area contributed by atoms with E-state index in [0.717, 1.165) is 77.6 Å². The Bertz CT molecular complexity index is 3960. The molecule has 13 aromatic rings. The monoisotopic (exact) mass is 879 g/mol. The van der Waals surface area contributed by atoms with Crippen LogP contribution in [0, 0.1) is 0 Å². The van der Waals surface area contributed by atoms with Gasteiger partial charge in [-0.25, -0.2) is 15.0 Å². The van der Waals surface area contributed by atoms with Gasteiger partial charge in [0, 0.05) is 27.5 Å². The molecule has 0 atom stereocenters. The van der Waals surface area contributed by atoms with Gasteiger partial charge in [-0.15, -0.1) is 0 Å². The molecular weight excluding hydrogens is 839 g/mol. The third kappa shape index (κ3) is 7.14. The molecule has 2 heterocycles. The Morgan fingerprint density at radius 3 is 1.12 bits per heavy atom. The van der Waals surface area contributed by atoms with E-state index in [0.29, 0.717) is 17.5 Å². The van der Waals surface area contributed by atoms with E-state index in [2.05, 4.69) is 224 Å². The number of furan rings is 1. The van der Waals surface area contributed by atoms with Crippen molar-refractivity contribution in [3.8, 4) is 89.8 Å². The lowest BCUT2D eigenvalue weighted by atomic mass is 9.88. The molecule has 0 aliphatic rings. The maximum atomic E-state index is 6.31. The van der Waals surface area contributed by atoms with Crippen LogP contribution in [-0.2, 0) is 0 Å². The number of para-hydroxylation sites is 1. The highest BCUT2D eigenvalue weighted by atomic mass is 16.3. The summed E-state index contributed by atoms with van der Waals surface area (Å²) in [5.41, 5.74) is 15.9. The fourth-order valence-corrected chi connectivity index (χ4v) is 10.1. The number of hydrogen-bond acceptors (Lipinski definition) is 4. The van der Waals surface area contributed by atoms with Crippen LogP contribution >= 0.6 is 0 Å². The first-order valence-corrected chi connectivity index (χ1v) is 23.3. The lowest BCUT2D eigenvalue weighted by Gasteiger charge is -2.16. The molecule has 0 saturated carbocycles. The zero-order valence-corrected chi connectivity index (χ0v) is 37.4. The van der Waals surface area contributed by atoms with Gasteiger partial charge in [0.25, 0.3) is 0 Å². The zero-order valence-electron chi connectivity index (χ0n) is 37.4. The van der Waals surface area contributed by atoms with Gasteiger partial charge in [0.1, 0.15) is 11.2 Å². The minimum atomic E-state index is 0.611. The Hall–Kier alpha value is -9.25. The van der Waals surface area contributed by atoms with E-state index in [4.69, 9.17) is 19.4 Å². The molecule has 0 saturated heterocycles. The van der Waals surface area contributed by atoms with Crippen LogP contribution < -0.4 is 0 Å². The molecule has 13 rings (SSSR count). The van der Waals surface area contributed by atoms with E-state index in [9.17, 15) is 0 Å². The smallest absolute Gasteiger partial charge is 0.164 e. The second-order valence-electron chi connectivity index (χ2n) is 17.4. The Balaban J connectivity index is 0.898. The minimum absolute atomic E-state index is 0.611. The van der Waals surface area contributed by atoms with Crippen LogP contribution in [-0.4, -0.2) is 15.0 Å². The van der Waals surface area contributed by atoms with Gasteiger partial charge < -0.3 is 4.42 Å². The molecule has 0 fully saturated rings. The van der Waals surface area contributed by atoms with Crippen molar-refractivity contribution in [2.24, 2.45) is 0 Å². The highest BCUT2D eigenvalue weighted by Crippen LogP contribution is 2.43. The van der Waals surface area contributed by atoms with Crippen LogP contribution in [0.15, 0.2) is 253 Å². The predicted molar refractivity (Wildman–Crippen MR) is 286 cm³/mol. The molecule has 0 unspecified atom stereocenters. The molecule has 2 aromatic heterocycles. The molecule has 0 amide bonds. The minimum Gasteiger partial charge on any atom is -0.456 e. The number of nitrogens with zero attached hydrogens (tertiary/aromatic N) is 3. The third-order valence-electron chi connectivity index (χ3n) is 13.4. The Kier molecular flexibility index (Phi) is 9.80. The average molecular weight is 880 g/mol. The Labute approximate surface area is 399 Å². The van der Waals surface area contributed by atoms with Gasteiger partial charge >= 0.3 is 0 Å². The molecule has 0 aliphatic carbocycles. The van der Waals surface area contributed by atoms with Crippen molar-refractivity contribution in [1.82, 2.24) is 15.0 Å². The van der Waals surface area contributed by atoms with Gasteiger partial charge in [-0.05, 0) is 95.4 Å². The lowest BCUT2D eigenvalue weighted by molar-refractivity contribution is 0.669. The predicted octanol–water partition coefficient (Wildman–Crippen LogP) is 17.4. The van der Waals surface area contributed by atoms with Gasteiger partial charge in [-0.1, -0.05) is 231 Å². The molecule has 0 N–H and O–H groups in total. The summed E-state index contributed by atoms with van der Waals surface area (Å²) in [6, 6.07) is 87.7. The standard InChI is InChI=1S/C65H41N3O/c1-3-17-42(18-4-1)47-21-7-13-28-59(47)64-66-63(67-65(68-64)60-29-14-8-22-48(60)43-19-5-2-6-20-43)45-33-31-44(32-34-45)49-37-39-55(53-25-11-9-23-51(49)53)56-40-38-50(52-24-10-12-26-54(52)56)46-35-36-58-57-27-15-16-30-61(57)69-62(58)41-46/h1-41H. The normalized spacial score (nSPS) is 11.5. The van der Waals surface area contributed by atoms with Gasteiger partial charge in [-0.3, -0.25) is 0 Å². The number of hydrogen-bond donors (Lipinski definition) is 0. The summed E-state index contributed by atoms with van der Waals surface area (Å²) in [4.78, 5) is 15.7. The number of rotatable bonds is 8. The van der Waals surface area contributed by atoms with Crippen LogP contribution in [0.5, 0.6) is 0 Å². The molecular formula is C65H41N3O. The topological polar surface area (TPSA) is 51.8 Å². The van der Waals surface area contributed by atoms with Crippen LogP contribution in [0.3, 0.4) is 0 Å². The van der Waals surface area contributed by atoms with Gasteiger partial charge in [0.05, 0.1) is 0 Å². The van der Waals surface area contributed by atoms with Crippen molar-refractivity contribution in [1.29, 1.82) is 0 Å². The molecule has 322 valence electrons. The fourth-order valence-electron chi connectivity index (χ4n) is 10.1. The van der Waals surface area contributed by atoms with Crippen LogP contribution in [0.4, 0.5) is 0 Å². The molecule has 0 spiro atoms. The first kappa shape index (κ1) is 40.1. The molecule has 11 aromatic carbocycles. The quantitative estimate of drug-likeness (QED) is 0.153. The van der Waals surface area contributed by atoms with Crippen molar-refractivity contribution in [3.05, 3.63) is 249 Å². The lowest BCUT2D eigenvalue weighted by Crippen LogP contribution is -2.02. The van der Waals surface area contributed by atoms with Crippen molar-refractivity contribution in [2.45, 2.75) is 0 Å². The number of fused-ring (bicyclic) bond motifs is 5. The van der Waals surface area contributed by atoms with E-state index in [1.165, 1.54) is 38.2 Å². The summed E-state index contributed by atoms with van der Waals surface area (Å²) in [7, 11) is 0. The molecule has 4 nitrogen and oxygen atoms in total. The first-order chi connectivity index (χ1) is 34.2. The van der Waals surface area contributed by atoms with E-state index in [1.807, 2.05) is 24.3 Å². The van der Waals surface area contributed by atoms with E-state index in [-0.39, 0.29) is 0 Å².